The molecular formula is C20H27N5O3S. The van der Waals surface area contributed by atoms with Crippen LogP contribution in [0.4, 0.5) is 0 Å². The summed E-state index contributed by atoms with van der Waals surface area (Å²) >= 11 is 1.38. The van der Waals surface area contributed by atoms with E-state index in [1.807, 2.05) is 34.6 Å². The molecule has 0 saturated carbocycles. The zero-order valence-electron chi connectivity index (χ0n) is 17.7. The van der Waals surface area contributed by atoms with E-state index in [9.17, 15) is 9.59 Å². The Balaban J connectivity index is 2.16. The van der Waals surface area contributed by atoms with Crippen LogP contribution in [0.3, 0.4) is 0 Å². The number of hydrogen-bond acceptors (Lipinski definition) is 7. The van der Waals surface area contributed by atoms with Gasteiger partial charge in [-0.2, -0.15) is 0 Å². The second kappa shape index (κ2) is 8.52. The highest BCUT2D eigenvalue weighted by molar-refractivity contribution is 7.98. The first-order chi connectivity index (χ1) is 13.7. The average molecular weight is 418 g/mol. The molecule has 0 unspecified atom stereocenters. The predicted molar refractivity (Wildman–Crippen MR) is 114 cm³/mol. The van der Waals surface area contributed by atoms with E-state index in [4.69, 9.17) is 4.42 Å². The fourth-order valence-electron chi connectivity index (χ4n) is 2.93. The summed E-state index contributed by atoms with van der Waals surface area (Å²) in [6.07, 6.45) is 2.49. The van der Waals surface area contributed by atoms with E-state index >= 15 is 0 Å². The van der Waals surface area contributed by atoms with Gasteiger partial charge in [-0.15, -0.1) is 0 Å². The van der Waals surface area contributed by atoms with E-state index in [-0.39, 0.29) is 23.1 Å². The highest BCUT2D eigenvalue weighted by Gasteiger charge is 2.20. The topological polar surface area (TPSA) is 95.8 Å². The van der Waals surface area contributed by atoms with Crippen LogP contribution in [0.1, 0.15) is 70.4 Å². The standard InChI is InChI=1S/C20H27N5O3S/c1-7-8-25-17-15(19(26)24(6)20(25)27)18(23-16(22-17)12(4)5)29-10-14-21-9-13(28-14)11(2)3/h9,11-12H,7-8,10H2,1-6H3. The second-order valence-corrected chi connectivity index (χ2v) is 8.60. The third-order valence-electron chi connectivity index (χ3n) is 4.60. The zero-order valence-corrected chi connectivity index (χ0v) is 18.5. The van der Waals surface area contributed by atoms with Crippen LogP contribution in [0.2, 0.25) is 0 Å². The molecule has 8 nitrogen and oxygen atoms in total. The Morgan fingerprint density at radius 1 is 1.14 bits per heavy atom. The van der Waals surface area contributed by atoms with Crippen molar-refractivity contribution in [3.05, 3.63) is 44.5 Å². The van der Waals surface area contributed by atoms with Gasteiger partial charge in [-0.25, -0.2) is 19.7 Å². The number of rotatable bonds is 7. The lowest BCUT2D eigenvalue weighted by atomic mass is 10.2. The summed E-state index contributed by atoms with van der Waals surface area (Å²) in [5.41, 5.74) is -0.343. The van der Waals surface area contributed by atoms with Crippen LogP contribution in [-0.2, 0) is 19.3 Å². The molecule has 0 atom stereocenters. The molecule has 0 spiro atoms. The first kappa shape index (κ1) is 21.3. The molecule has 0 aliphatic carbocycles. The third kappa shape index (κ3) is 4.14. The summed E-state index contributed by atoms with van der Waals surface area (Å²) in [6, 6.07) is 0. The van der Waals surface area contributed by atoms with Crippen molar-refractivity contribution in [3.8, 4) is 0 Å². The van der Waals surface area contributed by atoms with E-state index in [1.165, 1.54) is 18.8 Å². The zero-order chi connectivity index (χ0) is 21.3. The normalized spacial score (nSPS) is 11.9. The molecule has 3 heterocycles. The van der Waals surface area contributed by atoms with E-state index in [1.54, 1.807) is 10.8 Å². The Morgan fingerprint density at radius 2 is 1.86 bits per heavy atom. The highest BCUT2D eigenvalue weighted by atomic mass is 32.2. The Bertz CT molecular complexity index is 1140. The monoisotopic (exact) mass is 417 g/mol. The number of aryl methyl sites for hydroxylation is 1. The van der Waals surface area contributed by atoms with Crippen LogP contribution in [0, 0.1) is 0 Å². The van der Waals surface area contributed by atoms with Gasteiger partial charge >= 0.3 is 5.69 Å². The number of thioether (sulfide) groups is 1. The van der Waals surface area contributed by atoms with Crippen LogP contribution in [0.5, 0.6) is 0 Å². The Hall–Kier alpha value is -2.42. The minimum atomic E-state index is -0.384. The van der Waals surface area contributed by atoms with Gasteiger partial charge in [0.2, 0.25) is 5.89 Å². The van der Waals surface area contributed by atoms with Crippen LogP contribution < -0.4 is 11.2 Å². The molecule has 0 aromatic carbocycles. The number of aromatic nitrogens is 5. The Kier molecular flexibility index (Phi) is 6.26. The minimum absolute atomic E-state index is 0.0577. The second-order valence-electron chi connectivity index (χ2n) is 7.64. The van der Waals surface area contributed by atoms with E-state index in [0.717, 1.165) is 16.7 Å². The molecule has 0 saturated heterocycles. The summed E-state index contributed by atoms with van der Waals surface area (Å²) in [5, 5.41) is 0.916. The average Bonchev–Trinajstić information content (AvgIpc) is 3.16. The molecule has 0 aliphatic rings. The smallest absolute Gasteiger partial charge is 0.332 e. The lowest BCUT2D eigenvalue weighted by Crippen LogP contribution is -2.39. The fraction of sp³-hybridized carbons (Fsp3) is 0.550. The molecular weight excluding hydrogens is 390 g/mol. The van der Waals surface area contributed by atoms with Crippen LogP contribution in [0.15, 0.2) is 25.2 Å². The molecule has 0 N–H and O–H groups in total. The van der Waals surface area contributed by atoms with E-state index in [0.29, 0.717) is 40.1 Å². The first-order valence-electron chi connectivity index (χ1n) is 9.83. The van der Waals surface area contributed by atoms with Crippen molar-refractivity contribution in [1.82, 2.24) is 24.1 Å². The van der Waals surface area contributed by atoms with Gasteiger partial charge in [-0.3, -0.25) is 13.9 Å². The van der Waals surface area contributed by atoms with Gasteiger partial charge in [0.25, 0.3) is 5.56 Å². The minimum Gasteiger partial charge on any atom is -0.445 e. The molecule has 3 aromatic rings. The molecule has 156 valence electrons. The molecule has 0 radical (unpaired) electrons. The molecule has 0 aliphatic heterocycles. The van der Waals surface area contributed by atoms with Crippen LogP contribution in [0.25, 0.3) is 11.0 Å². The lowest BCUT2D eigenvalue weighted by Gasteiger charge is -2.14. The maximum Gasteiger partial charge on any atom is 0.332 e. The maximum atomic E-state index is 12.9. The molecule has 9 heteroatoms. The number of oxazole rings is 1. The molecule has 0 amide bonds. The van der Waals surface area contributed by atoms with Gasteiger partial charge < -0.3 is 4.42 Å². The lowest BCUT2D eigenvalue weighted by molar-refractivity contribution is 0.453. The summed E-state index contributed by atoms with van der Waals surface area (Å²) < 4.78 is 8.47. The Labute approximate surface area is 173 Å². The van der Waals surface area contributed by atoms with Gasteiger partial charge in [-0.1, -0.05) is 46.4 Å². The summed E-state index contributed by atoms with van der Waals surface area (Å²) in [4.78, 5) is 39.1. The summed E-state index contributed by atoms with van der Waals surface area (Å²) in [7, 11) is 1.49. The van der Waals surface area contributed by atoms with Gasteiger partial charge in [0, 0.05) is 25.4 Å². The first-order valence-corrected chi connectivity index (χ1v) is 10.8. The third-order valence-corrected chi connectivity index (χ3v) is 5.56. The van der Waals surface area contributed by atoms with Crippen molar-refractivity contribution in [1.29, 1.82) is 0 Å². The molecule has 0 bridgehead atoms. The van der Waals surface area contributed by atoms with Gasteiger partial charge in [0.1, 0.15) is 22.0 Å². The van der Waals surface area contributed by atoms with Crippen molar-refractivity contribution in [2.24, 2.45) is 7.05 Å². The SMILES string of the molecule is CCCn1c(=O)n(C)c(=O)c2c(SCc3ncc(C(C)C)o3)nc(C(C)C)nc21. The van der Waals surface area contributed by atoms with E-state index in [2.05, 4.69) is 15.0 Å². The van der Waals surface area contributed by atoms with E-state index < -0.39 is 0 Å². The largest absolute Gasteiger partial charge is 0.445 e. The predicted octanol–water partition coefficient (Wildman–Crippen LogP) is 3.43. The fourth-order valence-corrected chi connectivity index (χ4v) is 3.80. The number of fused-ring (bicyclic) bond motifs is 1. The van der Waals surface area contributed by atoms with Crippen molar-refractivity contribution < 1.29 is 4.42 Å². The quantitative estimate of drug-likeness (QED) is 0.429. The summed E-state index contributed by atoms with van der Waals surface area (Å²) in [6.45, 7) is 10.5. The number of nitrogens with zero attached hydrogens (tertiary/aromatic N) is 5. The highest BCUT2D eigenvalue weighted by Crippen LogP contribution is 2.28. The van der Waals surface area contributed by atoms with Gasteiger partial charge in [0.05, 0.1) is 11.9 Å². The van der Waals surface area contributed by atoms with Gasteiger partial charge in [0.15, 0.2) is 5.65 Å². The van der Waals surface area contributed by atoms with Crippen LogP contribution >= 0.6 is 11.8 Å². The van der Waals surface area contributed by atoms with Crippen molar-refractivity contribution >= 4 is 22.8 Å². The molecule has 3 rings (SSSR count). The molecule has 3 aromatic heterocycles. The van der Waals surface area contributed by atoms with Crippen molar-refractivity contribution in [2.45, 2.75) is 70.2 Å². The maximum absolute atomic E-state index is 12.9. The van der Waals surface area contributed by atoms with Crippen molar-refractivity contribution in [2.75, 3.05) is 0 Å². The van der Waals surface area contributed by atoms with Gasteiger partial charge in [-0.05, 0) is 6.42 Å². The molecule has 29 heavy (non-hydrogen) atoms. The van der Waals surface area contributed by atoms with Crippen molar-refractivity contribution in [3.63, 3.8) is 0 Å². The Morgan fingerprint density at radius 3 is 2.45 bits per heavy atom. The molecule has 0 fully saturated rings. The van der Waals surface area contributed by atoms with Crippen LogP contribution in [-0.4, -0.2) is 24.1 Å². The summed E-state index contributed by atoms with van der Waals surface area (Å²) in [5.74, 6) is 2.75. The number of hydrogen-bond donors (Lipinski definition) is 0.